The van der Waals surface area contributed by atoms with E-state index < -0.39 is 21.2 Å². The third-order valence-corrected chi connectivity index (χ3v) is 8.09. The van der Waals surface area contributed by atoms with Gasteiger partial charge in [-0.15, -0.1) is 0 Å². The van der Waals surface area contributed by atoms with Crippen molar-refractivity contribution in [3.8, 4) is 0 Å². The van der Waals surface area contributed by atoms with Gasteiger partial charge >= 0.3 is 7.60 Å². The molecule has 0 bridgehead atoms. The molecule has 5 heteroatoms. The van der Waals surface area contributed by atoms with Crippen molar-refractivity contribution in [2.24, 2.45) is 0 Å². The van der Waals surface area contributed by atoms with Crippen LogP contribution in [0.5, 0.6) is 0 Å². The zero-order valence-corrected chi connectivity index (χ0v) is 15.2. The molecule has 1 aliphatic carbocycles. The molecule has 0 aromatic heterocycles. The number of benzene rings is 2. The minimum absolute atomic E-state index is 0.611. The van der Waals surface area contributed by atoms with Gasteiger partial charge in [-0.1, -0.05) is 72.8 Å². The van der Waals surface area contributed by atoms with Gasteiger partial charge in [0, 0.05) is 0 Å². The van der Waals surface area contributed by atoms with Crippen LogP contribution in [-0.2, 0) is 4.57 Å². The van der Waals surface area contributed by atoms with Crippen molar-refractivity contribution >= 4 is 26.1 Å². The van der Waals surface area contributed by atoms with E-state index in [4.69, 9.17) is 0 Å². The second-order valence-corrected chi connectivity index (χ2v) is 9.93. The second-order valence-electron chi connectivity index (χ2n) is 5.79. The van der Waals surface area contributed by atoms with Crippen LogP contribution in [0.2, 0.25) is 0 Å². The van der Waals surface area contributed by atoms with Crippen LogP contribution in [0.4, 0.5) is 0 Å². The smallest absolute Gasteiger partial charge is 0.324 e. The van der Waals surface area contributed by atoms with E-state index in [-0.39, 0.29) is 0 Å². The van der Waals surface area contributed by atoms with Crippen molar-refractivity contribution in [2.75, 3.05) is 0 Å². The quantitative estimate of drug-likeness (QED) is 0.797. The summed E-state index contributed by atoms with van der Waals surface area (Å²) in [5.41, 5.74) is 0.113. The lowest BCUT2D eigenvalue weighted by Gasteiger charge is -2.24. The Kier molecular flexibility index (Phi) is 5.18. The number of hydrogen-bond acceptors (Lipinski definition) is 1. The molecule has 0 heterocycles. The van der Waals surface area contributed by atoms with Gasteiger partial charge in [-0.3, -0.25) is 4.57 Å². The van der Waals surface area contributed by atoms with E-state index in [0.29, 0.717) is 6.42 Å². The van der Waals surface area contributed by atoms with Gasteiger partial charge in [0.05, 0.1) is 5.66 Å². The minimum atomic E-state index is -4.15. The minimum Gasteiger partial charge on any atom is -0.324 e. The molecule has 0 amide bonds. The fourth-order valence-electron chi connectivity index (χ4n) is 2.90. The van der Waals surface area contributed by atoms with E-state index in [1.165, 1.54) is 10.6 Å². The first-order valence-electron chi connectivity index (χ1n) is 7.83. The fraction of sp³-hybridized carbons (Fsp3) is 0.158. The third-order valence-electron chi connectivity index (χ3n) is 4.22. The monoisotopic (exact) mass is 358 g/mol. The van der Waals surface area contributed by atoms with Crippen molar-refractivity contribution in [2.45, 2.75) is 19.0 Å². The van der Waals surface area contributed by atoms with Crippen LogP contribution < -0.4 is 10.6 Å². The Labute approximate surface area is 143 Å². The van der Waals surface area contributed by atoms with Gasteiger partial charge in [-0.2, -0.15) is 0 Å². The van der Waals surface area contributed by atoms with Crippen molar-refractivity contribution in [3.05, 3.63) is 83.7 Å². The molecular weight excluding hydrogens is 338 g/mol. The van der Waals surface area contributed by atoms with Gasteiger partial charge in [0.15, 0.2) is 0 Å². The van der Waals surface area contributed by atoms with Crippen LogP contribution in [-0.4, -0.2) is 15.4 Å². The molecule has 0 saturated carbocycles. The molecule has 0 aliphatic heterocycles. The summed E-state index contributed by atoms with van der Waals surface area (Å²) >= 11 is 0. The average Bonchev–Trinajstić information content (AvgIpc) is 3.04. The van der Waals surface area contributed by atoms with Crippen molar-refractivity contribution in [1.82, 2.24) is 0 Å². The second kappa shape index (κ2) is 7.17. The first-order chi connectivity index (χ1) is 11.5. The van der Waals surface area contributed by atoms with Gasteiger partial charge < -0.3 is 9.79 Å². The maximum absolute atomic E-state index is 11.8. The van der Waals surface area contributed by atoms with Crippen LogP contribution in [0.3, 0.4) is 0 Å². The number of allylic oxidation sites excluding steroid dienone is 4. The van der Waals surface area contributed by atoms with Crippen LogP contribution >= 0.6 is 15.5 Å². The predicted octanol–water partition coefficient (Wildman–Crippen LogP) is 3.90. The maximum Gasteiger partial charge on any atom is 0.332 e. The normalized spacial score (nSPS) is 16.0. The van der Waals surface area contributed by atoms with E-state index in [9.17, 15) is 14.4 Å². The molecule has 0 fully saturated rings. The summed E-state index contributed by atoms with van der Waals surface area (Å²) in [5, 5.41) is 3.45. The Morgan fingerprint density at radius 2 is 1.46 bits per heavy atom. The highest BCUT2D eigenvalue weighted by atomic mass is 31.2. The third kappa shape index (κ3) is 3.61. The highest BCUT2D eigenvalue weighted by molar-refractivity contribution is 7.77. The van der Waals surface area contributed by atoms with E-state index in [1.54, 1.807) is 6.92 Å². The Morgan fingerprint density at radius 3 is 1.92 bits per heavy atom. The SMILES string of the molecule is C[C@H](C1=C(P(c2ccccc2)c2ccccc2)C=CC1)P(=O)(O)O. The molecule has 24 heavy (non-hydrogen) atoms. The van der Waals surface area contributed by atoms with Crippen LogP contribution in [0.15, 0.2) is 83.7 Å². The van der Waals surface area contributed by atoms with Gasteiger partial charge in [0.25, 0.3) is 0 Å². The Hall–Kier alpha value is -1.50. The van der Waals surface area contributed by atoms with Crippen LogP contribution in [0.1, 0.15) is 13.3 Å². The fourth-order valence-corrected chi connectivity index (χ4v) is 6.27. The zero-order chi connectivity index (χ0) is 17.2. The lowest BCUT2D eigenvalue weighted by atomic mass is 10.2. The van der Waals surface area contributed by atoms with Gasteiger partial charge in [0.2, 0.25) is 0 Å². The molecule has 1 aliphatic rings. The average molecular weight is 358 g/mol. The molecule has 2 N–H and O–H groups in total. The van der Waals surface area contributed by atoms with Crippen molar-refractivity contribution < 1.29 is 14.4 Å². The zero-order valence-electron chi connectivity index (χ0n) is 13.4. The molecule has 0 saturated heterocycles. The summed E-state index contributed by atoms with van der Waals surface area (Å²) < 4.78 is 11.8. The largest absolute Gasteiger partial charge is 0.332 e. The topological polar surface area (TPSA) is 57.5 Å². The predicted molar refractivity (Wildman–Crippen MR) is 101 cm³/mol. The van der Waals surface area contributed by atoms with Crippen LogP contribution in [0.25, 0.3) is 0 Å². The lowest BCUT2D eigenvalue weighted by molar-refractivity contribution is 0.365. The highest BCUT2D eigenvalue weighted by Gasteiger charge is 2.33. The molecule has 2 aromatic carbocycles. The molecule has 0 radical (unpaired) electrons. The number of rotatable bonds is 5. The summed E-state index contributed by atoms with van der Waals surface area (Å²) in [6, 6.07) is 20.4. The molecule has 124 valence electrons. The first-order valence-corrected chi connectivity index (χ1v) is 10.9. The maximum atomic E-state index is 11.8. The lowest BCUT2D eigenvalue weighted by Crippen LogP contribution is -2.15. The van der Waals surface area contributed by atoms with Crippen molar-refractivity contribution in [3.63, 3.8) is 0 Å². The summed E-state index contributed by atoms with van der Waals surface area (Å²) in [6.45, 7) is 1.63. The highest BCUT2D eigenvalue weighted by Crippen LogP contribution is 2.54. The standard InChI is InChI=1S/C19H20O3P2/c1-15(24(20,21)22)18-13-8-14-19(18)23(16-9-4-2-5-10-16)17-11-6-3-7-12-17/h2-12,14-15H,13H2,1H3,(H2,20,21,22)/t15-/m1/s1. The Morgan fingerprint density at radius 1 is 0.958 bits per heavy atom. The van der Waals surface area contributed by atoms with E-state index >= 15 is 0 Å². The Bertz CT molecular complexity index is 768. The van der Waals surface area contributed by atoms with Crippen molar-refractivity contribution in [1.29, 1.82) is 0 Å². The molecule has 3 nitrogen and oxygen atoms in total. The van der Waals surface area contributed by atoms with Gasteiger partial charge in [-0.25, -0.2) is 0 Å². The van der Waals surface area contributed by atoms with Gasteiger partial charge in [-0.05, 0) is 42.8 Å². The molecule has 0 spiro atoms. The Balaban J connectivity index is 2.15. The molecule has 1 atom stereocenters. The summed E-state index contributed by atoms with van der Waals surface area (Å²) in [5.74, 6) is 0. The number of hydrogen-bond donors (Lipinski definition) is 2. The summed E-state index contributed by atoms with van der Waals surface area (Å²) in [7, 11) is -4.98. The summed E-state index contributed by atoms with van der Waals surface area (Å²) in [6.07, 6.45) is 4.67. The first kappa shape index (κ1) is 17.3. The molecule has 3 rings (SSSR count). The van der Waals surface area contributed by atoms with Gasteiger partial charge in [0.1, 0.15) is 0 Å². The van der Waals surface area contributed by atoms with Crippen LogP contribution in [0, 0.1) is 0 Å². The molecular formula is C19H20O3P2. The van der Waals surface area contributed by atoms with E-state index in [1.807, 2.05) is 48.6 Å². The molecule has 0 unspecified atom stereocenters. The van der Waals surface area contributed by atoms with E-state index in [0.717, 1.165) is 10.9 Å². The van der Waals surface area contributed by atoms with E-state index in [2.05, 4.69) is 24.3 Å². The summed E-state index contributed by atoms with van der Waals surface area (Å²) in [4.78, 5) is 19.3. The molecule has 2 aromatic rings.